The van der Waals surface area contributed by atoms with E-state index < -0.39 is 0 Å². The van der Waals surface area contributed by atoms with Crippen LogP contribution < -0.4 is 5.32 Å². The molecule has 1 aliphatic rings. The van der Waals surface area contributed by atoms with Gasteiger partial charge in [-0.3, -0.25) is 0 Å². The maximum Gasteiger partial charge on any atom is 0.181 e. The van der Waals surface area contributed by atoms with Crippen molar-refractivity contribution in [1.82, 2.24) is 10.3 Å². The van der Waals surface area contributed by atoms with E-state index >= 15 is 0 Å². The Morgan fingerprint density at radius 1 is 1.31 bits per heavy atom. The van der Waals surface area contributed by atoms with Crippen molar-refractivity contribution in [3.8, 4) is 0 Å². The second-order valence-electron chi connectivity index (χ2n) is 4.52. The summed E-state index contributed by atoms with van der Waals surface area (Å²) >= 11 is 0. The fraction of sp³-hybridized carbons (Fsp3) is 0.462. The van der Waals surface area contributed by atoms with Crippen LogP contribution in [0.5, 0.6) is 0 Å². The number of para-hydroxylation sites is 1. The van der Waals surface area contributed by atoms with Gasteiger partial charge in [-0.25, -0.2) is 4.98 Å². The molecule has 1 aromatic heterocycles. The normalized spacial score (nSPS) is 18.0. The Hall–Kier alpha value is -1.35. The van der Waals surface area contributed by atoms with Crippen molar-refractivity contribution in [2.45, 2.75) is 19.3 Å². The minimum absolute atomic E-state index is 0.789. The molecule has 0 bridgehead atoms. The molecule has 2 heterocycles. The highest BCUT2D eigenvalue weighted by molar-refractivity contribution is 5.75. The van der Waals surface area contributed by atoms with Gasteiger partial charge < -0.3 is 9.73 Å². The predicted molar refractivity (Wildman–Crippen MR) is 63.3 cm³/mol. The predicted octanol–water partition coefficient (Wildman–Crippen LogP) is 2.37. The molecule has 0 spiro atoms. The summed E-state index contributed by atoms with van der Waals surface area (Å²) in [4.78, 5) is 4.19. The molecule has 2 aromatic rings. The number of nitrogens with zero attached hydrogens (tertiary/aromatic N) is 1. The first-order chi connectivity index (χ1) is 7.93. The average Bonchev–Trinajstić information content (AvgIpc) is 2.80. The fourth-order valence-corrected chi connectivity index (χ4v) is 2.50. The van der Waals surface area contributed by atoms with Crippen molar-refractivity contribution in [2.24, 2.45) is 5.92 Å². The summed E-state index contributed by atoms with van der Waals surface area (Å²) in [5.74, 6) is 0.789. The minimum Gasteiger partial charge on any atom is -0.443 e. The van der Waals surface area contributed by atoms with Crippen molar-refractivity contribution in [2.75, 3.05) is 13.1 Å². The molecule has 0 radical (unpaired) electrons. The third-order valence-electron chi connectivity index (χ3n) is 3.41. The average molecular weight is 216 g/mol. The van der Waals surface area contributed by atoms with E-state index in [1.807, 2.05) is 6.07 Å². The molecule has 1 N–H and O–H groups in total. The maximum absolute atomic E-state index is 5.46. The first kappa shape index (κ1) is 9.85. The number of oxazole rings is 1. The number of piperidine rings is 1. The van der Waals surface area contributed by atoms with E-state index in [1.54, 1.807) is 0 Å². The zero-order chi connectivity index (χ0) is 10.8. The van der Waals surface area contributed by atoms with Crippen LogP contribution in [0.15, 0.2) is 29.0 Å². The van der Waals surface area contributed by atoms with Gasteiger partial charge in [0.15, 0.2) is 12.0 Å². The lowest BCUT2D eigenvalue weighted by molar-refractivity contribution is 0.372. The molecular formula is C13H16N2O. The highest BCUT2D eigenvalue weighted by Crippen LogP contribution is 2.23. The Morgan fingerprint density at radius 3 is 3.06 bits per heavy atom. The van der Waals surface area contributed by atoms with Gasteiger partial charge in [0.1, 0.15) is 5.52 Å². The highest BCUT2D eigenvalue weighted by Gasteiger charge is 2.15. The van der Waals surface area contributed by atoms with Crippen molar-refractivity contribution < 1.29 is 4.42 Å². The van der Waals surface area contributed by atoms with Crippen LogP contribution >= 0.6 is 0 Å². The van der Waals surface area contributed by atoms with Crippen LogP contribution in [-0.2, 0) is 6.42 Å². The smallest absolute Gasteiger partial charge is 0.181 e. The number of aromatic nitrogens is 1. The lowest BCUT2D eigenvalue weighted by atomic mass is 9.91. The number of rotatable bonds is 2. The second-order valence-corrected chi connectivity index (χ2v) is 4.52. The molecule has 84 valence electrons. The van der Waals surface area contributed by atoms with E-state index in [-0.39, 0.29) is 0 Å². The lowest BCUT2D eigenvalue weighted by Crippen LogP contribution is -2.28. The van der Waals surface area contributed by atoms with Gasteiger partial charge >= 0.3 is 0 Å². The summed E-state index contributed by atoms with van der Waals surface area (Å²) in [6.07, 6.45) is 5.19. The van der Waals surface area contributed by atoms with E-state index in [0.29, 0.717) is 0 Å². The maximum atomic E-state index is 5.46. The van der Waals surface area contributed by atoms with Crippen molar-refractivity contribution in [3.63, 3.8) is 0 Å². The number of benzene rings is 1. The molecule has 3 nitrogen and oxygen atoms in total. The molecule has 3 rings (SSSR count). The molecule has 1 aromatic carbocycles. The third-order valence-corrected chi connectivity index (χ3v) is 3.41. The molecule has 3 heteroatoms. The van der Waals surface area contributed by atoms with E-state index in [2.05, 4.69) is 22.4 Å². The summed E-state index contributed by atoms with van der Waals surface area (Å²) in [5, 5.41) is 3.40. The van der Waals surface area contributed by atoms with Crippen molar-refractivity contribution in [1.29, 1.82) is 0 Å². The van der Waals surface area contributed by atoms with E-state index in [1.165, 1.54) is 24.8 Å². The van der Waals surface area contributed by atoms with Crippen LogP contribution in [0.2, 0.25) is 0 Å². The van der Waals surface area contributed by atoms with Crippen LogP contribution in [0, 0.1) is 5.92 Å². The van der Waals surface area contributed by atoms with Gasteiger partial charge in [-0.1, -0.05) is 12.1 Å². The zero-order valence-corrected chi connectivity index (χ0v) is 9.28. The molecule has 0 amide bonds. The van der Waals surface area contributed by atoms with Gasteiger partial charge in [-0.05, 0) is 49.9 Å². The SMILES string of the molecule is c1cc(CC2CCNCC2)c2ocnc2c1. The molecule has 0 aliphatic carbocycles. The lowest BCUT2D eigenvalue weighted by Gasteiger charge is -2.22. The van der Waals surface area contributed by atoms with Gasteiger partial charge in [-0.15, -0.1) is 0 Å². The van der Waals surface area contributed by atoms with Crippen LogP contribution in [0.25, 0.3) is 11.1 Å². The highest BCUT2D eigenvalue weighted by atomic mass is 16.3. The largest absolute Gasteiger partial charge is 0.443 e. The van der Waals surface area contributed by atoms with E-state index in [9.17, 15) is 0 Å². The molecule has 16 heavy (non-hydrogen) atoms. The topological polar surface area (TPSA) is 38.1 Å². The molecule has 0 unspecified atom stereocenters. The van der Waals surface area contributed by atoms with Gasteiger partial charge in [-0.2, -0.15) is 0 Å². The summed E-state index contributed by atoms with van der Waals surface area (Å²) in [5.41, 5.74) is 3.26. The van der Waals surface area contributed by atoms with Crippen LogP contribution in [0.1, 0.15) is 18.4 Å². The molecule has 0 saturated carbocycles. The Bertz CT molecular complexity index is 471. The molecule has 1 fully saturated rings. The van der Waals surface area contributed by atoms with E-state index in [0.717, 1.165) is 36.5 Å². The van der Waals surface area contributed by atoms with Crippen LogP contribution in [0.4, 0.5) is 0 Å². The van der Waals surface area contributed by atoms with E-state index in [4.69, 9.17) is 4.42 Å². The van der Waals surface area contributed by atoms with Gasteiger partial charge in [0.25, 0.3) is 0 Å². The first-order valence-electron chi connectivity index (χ1n) is 5.95. The Morgan fingerprint density at radius 2 is 2.19 bits per heavy atom. The number of nitrogens with one attached hydrogen (secondary N) is 1. The Kier molecular flexibility index (Phi) is 2.62. The number of fused-ring (bicyclic) bond motifs is 1. The summed E-state index contributed by atoms with van der Waals surface area (Å²) < 4.78 is 5.46. The van der Waals surface area contributed by atoms with Gasteiger partial charge in [0.2, 0.25) is 0 Å². The standard InChI is InChI=1S/C13H16N2O/c1-2-11(8-10-4-6-14-7-5-10)13-12(3-1)15-9-16-13/h1-3,9-10,14H,4-8H2. The van der Waals surface area contributed by atoms with Crippen molar-refractivity contribution in [3.05, 3.63) is 30.2 Å². The summed E-state index contributed by atoms with van der Waals surface area (Å²) in [6, 6.07) is 6.24. The summed E-state index contributed by atoms with van der Waals surface area (Å²) in [7, 11) is 0. The fourth-order valence-electron chi connectivity index (χ4n) is 2.50. The molecule has 0 atom stereocenters. The number of hydrogen-bond acceptors (Lipinski definition) is 3. The molecular weight excluding hydrogens is 200 g/mol. The third kappa shape index (κ3) is 1.83. The van der Waals surface area contributed by atoms with Gasteiger partial charge in [0.05, 0.1) is 0 Å². The monoisotopic (exact) mass is 216 g/mol. The Labute approximate surface area is 94.9 Å². The van der Waals surface area contributed by atoms with Crippen LogP contribution in [0.3, 0.4) is 0 Å². The van der Waals surface area contributed by atoms with Crippen molar-refractivity contribution >= 4 is 11.1 Å². The molecule has 1 saturated heterocycles. The minimum atomic E-state index is 0.789. The van der Waals surface area contributed by atoms with Crippen LogP contribution in [-0.4, -0.2) is 18.1 Å². The first-order valence-corrected chi connectivity index (χ1v) is 5.95. The second kappa shape index (κ2) is 4.26. The number of hydrogen-bond donors (Lipinski definition) is 1. The van der Waals surface area contributed by atoms with Gasteiger partial charge in [0, 0.05) is 0 Å². The Balaban J connectivity index is 1.85. The molecule has 1 aliphatic heterocycles. The summed E-state index contributed by atoms with van der Waals surface area (Å²) in [6.45, 7) is 2.30. The zero-order valence-electron chi connectivity index (χ0n) is 9.28. The quantitative estimate of drug-likeness (QED) is 0.837.